The molecule has 0 radical (unpaired) electrons. The zero-order chi connectivity index (χ0) is 13.0. The van der Waals surface area contributed by atoms with Crippen molar-refractivity contribution in [1.29, 1.82) is 0 Å². The molecule has 3 nitrogen and oxygen atoms in total. The van der Waals surface area contributed by atoms with Crippen molar-refractivity contribution in [2.24, 2.45) is 5.92 Å². The van der Waals surface area contributed by atoms with Crippen molar-refractivity contribution in [2.45, 2.75) is 56.9 Å². The second-order valence-electron chi connectivity index (χ2n) is 5.55. The molecule has 2 rings (SSSR count). The van der Waals surface area contributed by atoms with Crippen molar-refractivity contribution < 1.29 is 13.6 Å². The minimum absolute atomic E-state index is 0.0677. The van der Waals surface area contributed by atoms with Crippen LogP contribution in [0.3, 0.4) is 0 Å². The summed E-state index contributed by atoms with van der Waals surface area (Å²) < 4.78 is 26.5. The lowest BCUT2D eigenvalue weighted by atomic mass is 9.85. The average molecular weight is 260 g/mol. The summed E-state index contributed by atoms with van der Waals surface area (Å²) in [6.45, 7) is 1.74. The topological polar surface area (TPSA) is 41.1 Å². The summed E-state index contributed by atoms with van der Waals surface area (Å²) in [5, 5.41) is 6.19. The molecule has 1 heterocycles. The van der Waals surface area contributed by atoms with Gasteiger partial charge in [0.05, 0.1) is 0 Å². The molecule has 1 aliphatic heterocycles. The van der Waals surface area contributed by atoms with Crippen LogP contribution < -0.4 is 10.6 Å². The first kappa shape index (κ1) is 13.7. The van der Waals surface area contributed by atoms with Gasteiger partial charge in [-0.3, -0.25) is 4.79 Å². The summed E-state index contributed by atoms with van der Waals surface area (Å²) in [6, 6.07) is 0.107. The summed E-state index contributed by atoms with van der Waals surface area (Å²) >= 11 is 0. The van der Waals surface area contributed by atoms with Crippen LogP contribution in [0.4, 0.5) is 8.78 Å². The van der Waals surface area contributed by atoms with Gasteiger partial charge in [-0.15, -0.1) is 0 Å². The Morgan fingerprint density at radius 2 is 2.06 bits per heavy atom. The van der Waals surface area contributed by atoms with Crippen LogP contribution in [-0.2, 0) is 4.79 Å². The van der Waals surface area contributed by atoms with Gasteiger partial charge in [-0.05, 0) is 32.2 Å². The second kappa shape index (κ2) is 5.95. The summed E-state index contributed by atoms with van der Waals surface area (Å²) in [4.78, 5) is 12.0. The van der Waals surface area contributed by atoms with E-state index in [1.54, 1.807) is 0 Å². The van der Waals surface area contributed by atoms with E-state index in [0.717, 1.165) is 32.4 Å². The molecule has 104 valence electrons. The Hall–Kier alpha value is -0.710. The summed E-state index contributed by atoms with van der Waals surface area (Å²) in [5.41, 5.74) is 0. The smallest absolute Gasteiger partial charge is 0.248 e. The Kier molecular flexibility index (Phi) is 4.54. The highest BCUT2D eigenvalue weighted by Crippen LogP contribution is 2.36. The summed E-state index contributed by atoms with van der Waals surface area (Å²) in [7, 11) is 0. The quantitative estimate of drug-likeness (QED) is 0.798. The molecule has 18 heavy (non-hydrogen) atoms. The van der Waals surface area contributed by atoms with E-state index in [2.05, 4.69) is 10.6 Å². The van der Waals surface area contributed by atoms with Crippen molar-refractivity contribution in [3.05, 3.63) is 0 Å². The minimum atomic E-state index is -2.65. The minimum Gasteiger partial charge on any atom is -0.352 e. The van der Waals surface area contributed by atoms with Gasteiger partial charge in [0.25, 0.3) is 0 Å². The molecule has 1 saturated heterocycles. The number of hydrogen-bond donors (Lipinski definition) is 2. The first-order valence-electron chi connectivity index (χ1n) is 6.96. The summed E-state index contributed by atoms with van der Waals surface area (Å²) in [6.07, 6.45) is 3.85. The van der Waals surface area contributed by atoms with Crippen molar-refractivity contribution in [3.8, 4) is 0 Å². The highest BCUT2D eigenvalue weighted by atomic mass is 19.3. The molecule has 0 aromatic rings. The van der Waals surface area contributed by atoms with Crippen molar-refractivity contribution >= 4 is 5.91 Å². The molecule has 2 atom stereocenters. The van der Waals surface area contributed by atoms with E-state index in [1.807, 2.05) is 0 Å². The van der Waals surface area contributed by atoms with Gasteiger partial charge >= 0.3 is 0 Å². The number of alkyl halides is 2. The number of hydrogen-bond acceptors (Lipinski definition) is 2. The third-order valence-electron chi connectivity index (χ3n) is 3.90. The number of carbonyl (C=O) groups is 1. The van der Waals surface area contributed by atoms with E-state index in [9.17, 15) is 13.6 Å². The van der Waals surface area contributed by atoms with Gasteiger partial charge in [0, 0.05) is 31.3 Å². The Balaban J connectivity index is 1.83. The first-order valence-corrected chi connectivity index (χ1v) is 6.96. The lowest BCUT2D eigenvalue weighted by Crippen LogP contribution is -2.45. The molecule has 1 saturated carbocycles. The Morgan fingerprint density at radius 3 is 2.83 bits per heavy atom. The van der Waals surface area contributed by atoms with Crippen molar-refractivity contribution in [2.75, 3.05) is 13.1 Å². The van der Waals surface area contributed by atoms with Crippen molar-refractivity contribution in [3.63, 3.8) is 0 Å². The molecular formula is C13H22F2N2O. The van der Waals surface area contributed by atoms with Crippen LogP contribution in [0.5, 0.6) is 0 Å². The predicted octanol–water partition coefficient (Wildman–Crippen LogP) is 2.07. The fourth-order valence-electron chi connectivity index (χ4n) is 2.86. The molecule has 5 heteroatoms. The lowest BCUT2D eigenvalue weighted by Gasteiger charge is -2.29. The highest BCUT2D eigenvalue weighted by molar-refractivity contribution is 5.79. The van der Waals surface area contributed by atoms with Crippen LogP contribution in [0, 0.1) is 5.92 Å². The largest absolute Gasteiger partial charge is 0.352 e. The number of amides is 1. The van der Waals surface area contributed by atoms with Gasteiger partial charge in [0.15, 0.2) is 0 Å². The molecular weight excluding hydrogens is 238 g/mol. The van der Waals surface area contributed by atoms with Gasteiger partial charge in [-0.25, -0.2) is 8.78 Å². The predicted molar refractivity (Wildman–Crippen MR) is 65.6 cm³/mol. The van der Waals surface area contributed by atoms with E-state index >= 15 is 0 Å². The number of rotatable bonds is 2. The number of halogens is 2. The zero-order valence-electron chi connectivity index (χ0n) is 10.7. The van der Waals surface area contributed by atoms with Gasteiger partial charge in [0.2, 0.25) is 11.8 Å². The normalized spacial score (nSPS) is 32.6. The number of carbonyl (C=O) groups excluding carboxylic acids is 1. The standard InChI is InChI=1S/C13H22F2N2O/c14-13(15)6-3-4-10(8-13)12(18)17-11-5-1-2-7-16-9-11/h10-11,16H,1-9H2,(H,17,18). The molecule has 2 N–H and O–H groups in total. The highest BCUT2D eigenvalue weighted by Gasteiger charge is 2.39. The van der Waals surface area contributed by atoms with E-state index in [4.69, 9.17) is 0 Å². The van der Waals surface area contributed by atoms with Gasteiger partial charge < -0.3 is 10.6 Å². The van der Waals surface area contributed by atoms with Crippen LogP contribution >= 0.6 is 0 Å². The molecule has 0 aromatic heterocycles. The molecule has 2 unspecified atom stereocenters. The molecule has 1 aliphatic carbocycles. The summed E-state index contributed by atoms with van der Waals surface area (Å²) in [5.74, 6) is -3.33. The lowest BCUT2D eigenvalue weighted by molar-refractivity contribution is -0.132. The Labute approximate surface area is 107 Å². The monoisotopic (exact) mass is 260 g/mol. The number of nitrogens with one attached hydrogen (secondary N) is 2. The molecule has 2 aliphatic rings. The van der Waals surface area contributed by atoms with Gasteiger partial charge in [-0.1, -0.05) is 6.42 Å². The van der Waals surface area contributed by atoms with Crippen LogP contribution in [-0.4, -0.2) is 31.0 Å². The molecule has 0 spiro atoms. The molecule has 2 fully saturated rings. The van der Waals surface area contributed by atoms with Crippen LogP contribution in [0.2, 0.25) is 0 Å². The second-order valence-corrected chi connectivity index (χ2v) is 5.55. The van der Waals surface area contributed by atoms with E-state index in [0.29, 0.717) is 12.8 Å². The fraction of sp³-hybridized carbons (Fsp3) is 0.923. The maximum atomic E-state index is 13.3. The van der Waals surface area contributed by atoms with Crippen LogP contribution in [0.15, 0.2) is 0 Å². The van der Waals surface area contributed by atoms with Crippen molar-refractivity contribution in [1.82, 2.24) is 10.6 Å². The third-order valence-corrected chi connectivity index (χ3v) is 3.90. The average Bonchev–Trinajstić information content (AvgIpc) is 2.56. The fourth-order valence-corrected chi connectivity index (χ4v) is 2.86. The van der Waals surface area contributed by atoms with E-state index < -0.39 is 11.8 Å². The Bertz CT molecular complexity index is 289. The van der Waals surface area contributed by atoms with E-state index in [1.165, 1.54) is 0 Å². The Morgan fingerprint density at radius 1 is 1.22 bits per heavy atom. The molecule has 0 aromatic carbocycles. The maximum Gasteiger partial charge on any atom is 0.248 e. The van der Waals surface area contributed by atoms with Gasteiger partial charge in [0.1, 0.15) is 0 Å². The third kappa shape index (κ3) is 3.90. The SMILES string of the molecule is O=C(NC1CCCCNC1)C1CCCC(F)(F)C1. The van der Waals surface area contributed by atoms with Crippen LogP contribution in [0.1, 0.15) is 44.9 Å². The zero-order valence-corrected chi connectivity index (χ0v) is 10.7. The molecule has 1 amide bonds. The van der Waals surface area contributed by atoms with E-state index in [-0.39, 0.29) is 24.8 Å². The van der Waals surface area contributed by atoms with Gasteiger partial charge in [-0.2, -0.15) is 0 Å². The first-order chi connectivity index (χ1) is 8.57. The van der Waals surface area contributed by atoms with Crippen LogP contribution in [0.25, 0.3) is 0 Å². The molecule has 0 bridgehead atoms. The maximum absolute atomic E-state index is 13.3.